The molecule has 0 radical (unpaired) electrons. The van der Waals surface area contributed by atoms with Gasteiger partial charge < -0.3 is 16.0 Å². The Bertz CT molecular complexity index is 970. The molecule has 29 heavy (non-hydrogen) atoms. The smallest absolute Gasteiger partial charge is 0.247 e. The number of primary amides is 1. The van der Waals surface area contributed by atoms with Crippen LogP contribution in [0.15, 0.2) is 48.5 Å². The monoisotopic (exact) mass is 395 g/mol. The fraction of sp³-hybridized carbons (Fsp3) is 0.318. The van der Waals surface area contributed by atoms with Gasteiger partial charge in [-0.3, -0.25) is 14.4 Å². The molecule has 150 valence electrons. The number of rotatable bonds is 5. The number of carbonyl (C=O) groups excluding carboxylic acids is 3. The molecule has 2 aliphatic rings. The molecule has 6 nitrogen and oxygen atoms in total. The number of nitrogens with two attached hydrogens (primary N) is 1. The Morgan fingerprint density at radius 1 is 1.07 bits per heavy atom. The summed E-state index contributed by atoms with van der Waals surface area (Å²) in [6.07, 6.45) is 2.16. The summed E-state index contributed by atoms with van der Waals surface area (Å²) < 4.78 is 13.4. The van der Waals surface area contributed by atoms with E-state index in [1.165, 1.54) is 17.0 Å². The molecule has 0 spiro atoms. The van der Waals surface area contributed by atoms with Crippen LogP contribution in [0.25, 0.3) is 11.1 Å². The Labute approximate surface area is 167 Å². The molecule has 2 fully saturated rings. The second kappa shape index (κ2) is 7.31. The van der Waals surface area contributed by atoms with Crippen LogP contribution in [0.2, 0.25) is 0 Å². The van der Waals surface area contributed by atoms with Gasteiger partial charge in [-0.25, -0.2) is 4.39 Å². The lowest BCUT2D eigenvalue weighted by molar-refractivity contribution is -0.146. The van der Waals surface area contributed by atoms with Crippen LogP contribution in [-0.4, -0.2) is 35.2 Å². The molecular formula is C22H22FN3O3. The van der Waals surface area contributed by atoms with Crippen molar-refractivity contribution in [3.8, 4) is 11.1 Å². The maximum Gasteiger partial charge on any atom is 0.247 e. The van der Waals surface area contributed by atoms with E-state index in [0.29, 0.717) is 37.9 Å². The van der Waals surface area contributed by atoms with Crippen LogP contribution in [0.5, 0.6) is 0 Å². The summed E-state index contributed by atoms with van der Waals surface area (Å²) in [7, 11) is 0. The molecule has 1 saturated heterocycles. The summed E-state index contributed by atoms with van der Waals surface area (Å²) >= 11 is 0. The van der Waals surface area contributed by atoms with Crippen molar-refractivity contribution >= 4 is 23.4 Å². The van der Waals surface area contributed by atoms with Crippen LogP contribution >= 0.6 is 0 Å². The van der Waals surface area contributed by atoms with Crippen molar-refractivity contribution in [2.75, 3.05) is 11.9 Å². The molecule has 1 atom stereocenters. The normalized spacial score (nSPS) is 19.6. The molecule has 2 aromatic carbocycles. The number of nitrogens with one attached hydrogen (secondary N) is 1. The van der Waals surface area contributed by atoms with Gasteiger partial charge in [0.25, 0.3) is 0 Å². The minimum absolute atomic E-state index is 0.283. The molecule has 7 heteroatoms. The minimum Gasteiger partial charge on any atom is -0.369 e. The molecule has 0 unspecified atom stereocenters. The predicted octanol–water partition coefficient (Wildman–Crippen LogP) is 2.69. The van der Waals surface area contributed by atoms with E-state index in [-0.39, 0.29) is 17.6 Å². The fourth-order valence-electron chi connectivity index (χ4n) is 3.89. The Morgan fingerprint density at radius 3 is 2.41 bits per heavy atom. The molecule has 0 bridgehead atoms. The second-order valence-electron chi connectivity index (χ2n) is 7.68. The van der Waals surface area contributed by atoms with E-state index in [2.05, 4.69) is 5.32 Å². The number of nitrogens with zero attached hydrogens (tertiary/aromatic N) is 1. The number of amides is 3. The average molecular weight is 395 g/mol. The summed E-state index contributed by atoms with van der Waals surface area (Å²) in [5.41, 5.74) is 6.46. The van der Waals surface area contributed by atoms with Crippen molar-refractivity contribution in [2.24, 2.45) is 11.1 Å². The highest BCUT2D eigenvalue weighted by Gasteiger charge is 2.58. The number of benzene rings is 2. The summed E-state index contributed by atoms with van der Waals surface area (Å²) in [6, 6.07) is 12.8. The van der Waals surface area contributed by atoms with Crippen molar-refractivity contribution in [1.82, 2.24) is 4.90 Å². The van der Waals surface area contributed by atoms with E-state index >= 15 is 0 Å². The fourth-order valence-corrected chi connectivity index (χ4v) is 3.89. The van der Waals surface area contributed by atoms with Gasteiger partial charge >= 0.3 is 0 Å². The van der Waals surface area contributed by atoms with Gasteiger partial charge in [0, 0.05) is 12.2 Å². The van der Waals surface area contributed by atoms with Crippen LogP contribution in [0, 0.1) is 11.2 Å². The predicted molar refractivity (Wildman–Crippen MR) is 106 cm³/mol. The zero-order chi connectivity index (χ0) is 20.6. The maximum atomic E-state index is 13.4. The van der Waals surface area contributed by atoms with E-state index in [1.807, 2.05) is 6.07 Å². The van der Waals surface area contributed by atoms with Crippen molar-refractivity contribution in [2.45, 2.75) is 31.7 Å². The van der Waals surface area contributed by atoms with Gasteiger partial charge in [0.15, 0.2) is 0 Å². The molecule has 1 saturated carbocycles. The Kier molecular flexibility index (Phi) is 4.82. The first kappa shape index (κ1) is 19.1. The van der Waals surface area contributed by atoms with Crippen LogP contribution in [0.4, 0.5) is 10.1 Å². The number of hydrogen-bond acceptors (Lipinski definition) is 3. The molecule has 1 heterocycles. The molecule has 3 amide bonds. The largest absolute Gasteiger partial charge is 0.369 e. The highest BCUT2D eigenvalue weighted by atomic mass is 19.1. The highest BCUT2D eigenvalue weighted by molar-refractivity contribution is 6.09. The zero-order valence-corrected chi connectivity index (χ0v) is 15.9. The third kappa shape index (κ3) is 3.60. The molecule has 4 rings (SSSR count). The SMILES string of the molecule is NC(=O)C1(C(=O)N2CCC[C@H]2C(=O)Nc2ccc(-c3cccc(F)c3)cc2)CC1. The first-order chi connectivity index (χ1) is 13.9. The van der Waals surface area contributed by atoms with E-state index in [0.717, 1.165) is 11.1 Å². The Hall–Kier alpha value is -3.22. The van der Waals surface area contributed by atoms with E-state index < -0.39 is 17.4 Å². The molecule has 0 aromatic heterocycles. The van der Waals surface area contributed by atoms with Crippen molar-refractivity contribution in [3.63, 3.8) is 0 Å². The molecule has 3 N–H and O–H groups in total. The Morgan fingerprint density at radius 2 is 1.79 bits per heavy atom. The van der Waals surface area contributed by atoms with Gasteiger partial charge in [-0.2, -0.15) is 0 Å². The summed E-state index contributed by atoms with van der Waals surface area (Å²) in [5, 5.41) is 2.84. The van der Waals surface area contributed by atoms with Crippen LogP contribution < -0.4 is 11.1 Å². The van der Waals surface area contributed by atoms with Crippen molar-refractivity contribution in [3.05, 3.63) is 54.3 Å². The molecule has 1 aliphatic heterocycles. The highest BCUT2D eigenvalue weighted by Crippen LogP contribution is 2.48. The zero-order valence-electron chi connectivity index (χ0n) is 15.9. The first-order valence-corrected chi connectivity index (χ1v) is 9.68. The molecular weight excluding hydrogens is 373 g/mol. The van der Waals surface area contributed by atoms with Crippen LogP contribution in [-0.2, 0) is 14.4 Å². The lowest BCUT2D eigenvalue weighted by atomic mass is 10.0. The first-order valence-electron chi connectivity index (χ1n) is 9.68. The van der Waals surface area contributed by atoms with E-state index in [1.54, 1.807) is 30.3 Å². The molecule has 1 aliphatic carbocycles. The summed E-state index contributed by atoms with van der Waals surface area (Å²) in [5.74, 6) is -1.53. The van der Waals surface area contributed by atoms with Gasteiger partial charge in [0.05, 0.1) is 0 Å². The quantitative estimate of drug-likeness (QED) is 0.763. The maximum absolute atomic E-state index is 13.4. The number of carbonyl (C=O) groups is 3. The third-order valence-electron chi connectivity index (χ3n) is 5.76. The number of anilines is 1. The lowest BCUT2D eigenvalue weighted by Crippen LogP contribution is -2.49. The summed E-state index contributed by atoms with van der Waals surface area (Å²) in [4.78, 5) is 38.7. The lowest BCUT2D eigenvalue weighted by Gasteiger charge is -2.27. The standard InChI is InChI=1S/C22H22FN3O3/c23-16-4-1-3-15(13-16)14-6-8-17(9-7-14)25-19(27)18-5-2-12-26(18)21(29)22(10-11-22)20(24)28/h1,3-4,6-9,13,18H,2,5,10-12H2,(H2,24,28)(H,25,27)/t18-/m0/s1. The number of halogens is 1. The van der Waals surface area contributed by atoms with Gasteiger partial charge in [0.1, 0.15) is 17.3 Å². The minimum atomic E-state index is -1.12. The Balaban J connectivity index is 1.45. The van der Waals surface area contributed by atoms with Gasteiger partial charge in [-0.15, -0.1) is 0 Å². The topological polar surface area (TPSA) is 92.5 Å². The molecule has 2 aromatic rings. The average Bonchev–Trinajstić information content (AvgIpc) is 3.38. The van der Waals surface area contributed by atoms with Gasteiger partial charge in [0.2, 0.25) is 17.7 Å². The van der Waals surface area contributed by atoms with Gasteiger partial charge in [-0.1, -0.05) is 24.3 Å². The van der Waals surface area contributed by atoms with E-state index in [9.17, 15) is 18.8 Å². The third-order valence-corrected chi connectivity index (χ3v) is 5.76. The summed E-state index contributed by atoms with van der Waals surface area (Å²) in [6.45, 7) is 0.449. The van der Waals surface area contributed by atoms with Crippen LogP contribution in [0.3, 0.4) is 0 Å². The number of likely N-dealkylation sites (tertiary alicyclic amines) is 1. The van der Waals surface area contributed by atoms with Crippen molar-refractivity contribution < 1.29 is 18.8 Å². The van der Waals surface area contributed by atoms with E-state index in [4.69, 9.17) is 5.73 Å². The van der Waals surface area contributed by atoms with Crippen LogP contribution in [0.1, 0.15) is 25.7 Å². The van der Waals surface area contributed by atoms with Gasteiger partial charge in [-0.05, 0) is 61.1 Å². The second-order valence-corrected chi connectivity index (χ2v) is 7.68. The van der Waals surface area contributed by atoms with Crippen molar-refractivity contribution in [1.29, 1.82) is 0 Å². The number of hydrogen-bond donors (Lipinski definition) is 2.